The molecule has 0 saturated carbocycles. The Morgan fingerprint density at radius 2 is 1.79 bits per heavy atom. The normalized spacial score (nSPS) is 9.93. The van der Waals surface area contributed by atoms with Gasteiger partial charge < -0.3 is 4.74 Å². The number of rotatable bonds is 5. The fourth-order valence-electron chi connectivity index (χ4n) is 2.12. The summed E-state index contributed by atoms with van der Waals surface area (Å²) in [5.74, 6) is -0.471. The van der Waals surface area contributed by atoms with Crippen LogP contribution in [-0.2, 0) is 4.79 Å². The van der Waals surface area contributed by atoms with Gasteiger partial charge in [-0.2, -0.15) is 0 Å². The van der Waals surface area contributed by atoms with E-state index in [0.717, 1.165) is 11.1 Å². The molecule has 0 spiro atoms. The van der Waals surface area contributed by atoms with Crippen LogP contribution in [0.1, 0.15) is 21.5 Å². The van der Waals surface area contributed by atoms with E-state index >= 15 is 0 Å². The summed E-state index contributed by atoms with van der Waals surface area (Å²) in [6.07, 6.45) is 0. The van der Waals surface area contributed by atoms with Crippen LogP contribution in [0.3, 0.4) is 0 Å². The number of benzene rings is 2. The van der Waals surface area contributed by atoms with E-state index in [9.17, 15) is 19.7 Å². The van der Waals surface area contributed by atoms with E-state index in [2.05, 4.69) is 16.2 Å². The van der Waals surface area contributed by atoms with Gasteiger partial charge in [0.15, 0.2) is 11.7 Å². The number of aryl methyl sites for hydroxylation is 2. The second-order valence-electron chi connectivity index (χ2n) is 5.82. The lowest BCUT2D eigenvalue weighted by molar-refractivity contribution is -0.384. The van der Waals surface area contributed by atoms with E-state index in [0.29, 0.717) is 5.75 Å². The molecule has 0 aliphatic rings. The Bertz CT molecular complexity index is 915. The Hall–Kier alpha value is -3.53. The van der Waals surface area contributed by atoms with E-state index in [1.54, 1.807) is 0 Å². The number of ether oxygens (including phenoxy) is 1. The quantitative estimate of drug-likeness (QED) is 0.397. The first kappa shape index (κ1) is 20.8. The van der Waals surface area contributed by atoms with Crippen molar-refractivity contribution in [3.8, 4) is 5.75 Å². The highest BCUT2D eigenvalue weighted by Crippen LogP contribution is 2.18. The molecule has 146 valence electrons. The van der Waals surface area contributed by atoms with Gasteiger partial charge in [0.25, 0.3) is 17.5 Å². The minimum absolute atomic E-state index is 0.121. The third kappa shape index (κ3) is 6.02. The van der Waals surface area contributed by atoms with E-state index in [1.807, 2.05) is 32.0 Å². The van der Waals surface area contributed by atoms with Crippen LogP contribution in [0.15, 0.2) is 42.5 Å². The highest BCUT2D eigenvalue weighted by atomic mass is 32.1. The van der Waals surface area contributed by atoms with Crippen molar-refractivity contribution in [1.82, 2.24) is 16.2 Å². The Kier molecular flexibility index (Phi) is 6.99. The average Bonchev–Trinajstić information content (AvgIpc) is 2.66. The molecule has 2 aromatic carbocycles. The maximum Gasteiger partial charge on any atom is 0.269 e. The zero-order valence-electron chi connectivity index (χ0n) is 15.1. The number of amides is 2. The Morgan fingerprint density at radius 3 is 2.43 bits per heavy atom. The molecule has 3 N–H and O–H groups in total. The largest absolute Gasteiger partial charge is 0.483 e. The third-order valence-electron chi connectivity index (χ3n) is 3.59. The predicted octanol–water partition coefficient (Wildman–Crippen LogP) is 1.93. The summed E-state index contributed by atoms with van der Waals surface area (Å²) in [5, 5.41) is 12.9. The van der Waals surface area contributed by atoms with Crippen molar-refractivity contribution in [2.45, 2.75) is 13.8 Å². The highest BCUT2D eigenvalue weighted by molar-refractivity contribution is 7.80. The summed E-state index contributed by atoms with van der Waals surface area (Å²) in [5.41, 5.74) is 6.63. The number of nitrogens with zero attached hydrogens (tertiary/aromatic N) is 1. The van der Waals surface area contributed by atoms with Gasteiger partial charge in [-0.15, -0.1) is 0 Å². The molecule has 2 aromatic rings. The summed E-state index contributed by atoms with van der Waals surface area (Å²) < 4.78 is 5.46. The fourth-order valence-corrected chi connectivity index (χ4v) is 2.29. The van der Waals surface area contributed by atoms with Crippen LogP contribution in [0.5, 0.6) is 5.75 Å². The molecule has 0 aliphatic heterocycles. The minimum atomic E-state index is -0.571. The van der Waals surface area contributed by atoms with Crippen LogP contribution in [0.4, 0.5) is 5.69 Å². The molecule has 10 heteroatoms. The van der Waals surface area contributed by atoms with Gasteiger partial charge in [-0.1, -0.05) is 12.1 Å². The van der Waals surface area contributed by atoms with E-state index in [4.69, 9.17) is 17.0 Å². The average molecular weight is 402 g/mol. The molecule has 0 bridgehead atoms. The van der Waals surface area contributed by atoms with E-state index in [-0.39, 0.29) is 23.0 Å². The Morgan fingerprint density at radius 1 is 1.11 bits per heavy atom. The second kappa shape index (κ2) is 9.42. The summed E-state index contributed by atoms with van der Waals surface area (Å²) >= 11 is 4.93. The molecule has 0 radical (unpaired) electrons. The number of non-ortho nitro benzene ring substituents is 1. The van der Waals surface area contributed by atoms with Gasteiger partial charge in [0, 0.05) is 17.7 Å². The number of thiocarbonyl (C=S) groups is 1. The van der Waals surface area contributed by atoms with Gasteiger partial charge in [-0.05, 0) is 55.4 Å². The summed E-state index contributed by atoms with van der Waals surface area (Å²) in [7, 11) is 0. The topological polar surface area (TPSA) is 123 Å². The number of hydrazine groups is 1. The molecule has 28 heavy (non-hydrogen) atoms. The first-order chi connectivity index (χ1) is 13.3. The number of nitro benzene ring substituents is 1. The number of carbonyl (C=O) groups excluding carboxylic acids is 2. The van der Waals surface area contributed by atoms with Crippen molar-refractivity contribution in [2.24, 2.45) is 0 Å². The van der Waals surface area contributed by atoms with Crippen LogP contribution < -0.4 is 20.9 Å². The first-order valence-corrected chi connectivity index (χ1v) is 8.52. The standard InChI is InChI=1S/C18H18N4O5S/c1-11-3-4-12(2)15(9-11)27-10-16(23)19-18(28)21-20-17(24)13-5-7-14(8-6-13)22(25)26/h3-9H,10H2,1-2H3,(H,20,24)(H2,19,21,23,28). The molecule has 0 heterocycles. The number of carbonyl (C=O) groups is 2. The number of hydrogen-bond acceptors (Lipinski definition) is 6. The van der Waals surface area contributed by atoms with Crippen molar-refractivity contribution in [1.29, 1.82) is 0 Å². The molecule has 0 fully saturated rings. The zero-order chi connectivity index (χ0) is 20.7. The minimum Gasteiger partial charge on any atom is -0.483 e. The molecule has 0 unspecified atom stereocenters. The molecule has 0 aromatic heterocycles. The SMILES string of the molecule is Cc1ccc(C)c(OCC(=O)NC(=S)NNC(=O)c2ccc([N+](=O)[O-])cc2)c1. The van der Waals surface area contributed by atoms with Gasteiger partial charge in [-0.25, -0.2) is 0 Å². The summed E-state index contributed by atoms with van der Waals surface area (Å²) in [6, 6.07) is 10.7. The van der Waals surface area contributed by atoms with Gasteiger partial charge in [0.05, 0.1) is 4.92 Å². The molecule has 0 aliphatic carbocycles. The lowest BCUT2D eigenvalue weighted by atomic mass is 10.1. The third-order valence-corrected chi connectivity index (χ3v) is 3.79. The molecule has 2 rings (SSSR count). The molecule has 0 atom stereocenters. The first-order valence-electron chi connectivity index (χ1n) is 8.11. The van der Waals surface area contributed by atoms with Crippen molar-refractivity contribution >= 4 is 34.8 Å². The molecule has 2 amide bonds. The lowest BCUT2D eigenvalue weighted by Crippen LogP contribution is -2.49. The summed E-state index contributed by atoms with van der Waals surface area (Å²) in [6.45, 7) is 3.54. The fraction of sp³-hybridized carbons (Fsp3) is 0.167. The van der Waals surface area contributed by atoms with Gasteiger partial charge in [-0.3, -0.25) is 35.9 Å². The van der Waals surface area contributed by atoms with Crippen molar-refractivity contribution in [3.05, 3.63) is 69.3 Å². The lowest BCUT2D eigenvalue weighted by Gasteiger charge is -2.12. The zero-order valence-corrected chi connectivity index (χ0v) is 16.0. The Labute approximate surface area is 166 Å². The highest BCUT2D eigenvalue weighted by Gasteiger charge is 2.11. The predicted molar refractivity (Wildman–Crippen MR) is 106 cm³/mol. The number of nitrogens with one attached hydrogen (secondary N) is 3. The molecular weight excluding hydrogens is 384 g/mol. The van der Waals surface area contributed by atoms with Crippen LogP contribution in [-0.4, -0.2) is 28.5 Å². The Balaban J connectivity index is 1.78. The van der Waals surface area contributed by atoms with Crippen molar-refractivity contribution < 1.29 is 19.2 Å². The number of nitro groups is 1. The van der Waals surface area contributed by atoms with Gasteiger partial charge >= 0.3 is 0 Å². The molecule has 9 nitrogen and oxygen atoms in total. The monoisotopic (exact) mass is 402 g/mol. The van der Waals surface area contributed by atoms with Crippen molar-refractivity contribution in [2.75, 3.05) is 6.61 Å². The summed E-state index contributed by atoms with van der Waals surface area (Å²) in [4.78, 5) is 33.9. The molecular formula is C18H18N4O5S. The van der Waals surface area contributed by atoms with E-state index in [1.165, 1.54) is 24.3 Å². The van der Waals surface area contributed by atoms with Crippen molar-refractivity contribution in [3.63, 3.8) is 0 Å². The van der Waals surface area contributed by atoms with Crippen LogP contribution in [0, 0.1) is 24.0 Å². The van der Waals surface area contributed by atoms with Gasteiger partial charge in [0.1, 0.15) is 5.75 Å². The van der Waals surface area contributed by atoms with Crippen LogP contribution >= 0.6 is 12.2 Å². The smallest absolute Gasteiger partial charge is 0.269 e. The maximum atomic E-state index is 12.0. The maximum absolute atomic E-state index is 12.0. The molecule has 0 saturated heterocycles. The van der Waals surface area contributed by atoms with Gasteiger partial charge in [0.2, 0.25) is 0 Å². The second-order valence-corrected chi connectivity index (χ2v) is 6.23. The van der Waals surface area contributed by atoms with Crippen LogP contribution in [0.25, 0.3) is 0 Å². The van der Waals surface area contributed by atoms with E-state index < -0.39 is 16.7 Å². The van der Waals surface area contributed by atoms with Crippen LogP contribution in [0.2, 0.25) is 0 Å². The number of hydrogen-bond donors (Lipinski definition) is 3.